The van der Waals surface area contributed by atoms with Crippen molar-refractivity contribution in [3.8, 4) is 11.3 Å². The third kappa shape index (κ3) is 3.39. The van der Waals surface area contributed by atoms with Gasteiger partial charge in [0.1, 0.15) is 5.69 Å². The van der Waals surface area contributed by atoms with E-state index in [0.717, 1.165) is 60.3 Å². The standard InChI is InChI=1S/C22H23ClN6O/c1-27-10-4-7-16(14-27)21-24-25-22(28(21)2)29-11-5-9-19(29)18-13-20(30-26-18)15-6-3-8-17(23)12-15/h3-4,6-8,12-14,19H,5,9-11H2,1-2H3/t19-/m1/s1. The molecule has 0 radical (unpaired) electrons. The Bertz CT molecular complexity index is 1130. The molecule has 154 valence electrons. The lowest BCUT2D eigenvalue weighted by atomic mass is 10.1. The van der Waals surface area contributed by atoms with E-state index in [1.807, 2.05) is 37.4 Å². The number of allylic oxidation sites excluding steroid dienone is 2. The predicted octanol–water partition coefficient (Wildman–Crippen LogP) is 4.31. The second kappa shape index (κ2) is 7.65. The van der Waals surface area contributed by atoms with E-state index in [2.05, 4.69) is 55.1 Å². The molecule has 0 N–H and O–H groups in total. The Morgan fingerprint density at radius 2 is 2.07 bits per heavy atom. The summed E-state index contributed by atoms with van der Waals surface area (Å²) in [5.41, 5.74) is 2.89. The number of halogens is 1. The third-order valence-corrected chi connectivity index (χ3v) is 5.88. The summed E-state index contributed by atoms with van der Waals surface area (Å²) in [6.45, 7) is 1.81. The summed E-state index contributed by atoms with van der Waals surface area (Å²) in [6, 6.07) is 9.73. The lowest BCUT2D eigenvalue weighted by molar-refractivity contribution is 0.416. The molecule has 4 heterocycles. The summed E-state index contributed by atoms with van der Waals surface area (Å²) < 4.78 is 7.70. The van der Waals surface area contributed by atoms with E-state index >= 15 is 0 Å². The van der Waals surface area contributed by atoms with E-state index in [1.54, 1.807) is 0 Å². The van der Waals surface area contributed by atoms with Crippen LogP contribution in [-0.4, -0.2) is 45.0 Å². The van der Waals surface area contributed by atoms with E-state index in [0.29, 0.717) is 5.02 Å². The second-order valence-electron chi connectivity index (χ2n) is 7.79. The number of likely N-dealkylation sites (N-methyl/N-ethyl adjacent to an activating group) is 1. The quantitative estimate of drug-likeness (QED) is 0.624. The molecule has 0 aliphatic carbocycles. The Labute approximate surface area is 180 Å². The van der Waals surface area contributed by atoms with Gasteiger partial charge in [0.25, 0.3) is 0 Å². The van der Waals surface area contributed by atoms with E-state index in [1.165, 1.54) is 0 Å². The fourth-order valence-corrected chi connectivity index (χ4v) is 4.36. The number of hydrogen-bond donors (Lipinski definition) is 0. The zero-order valence-corrected chi connectivity index (χ0v) is 17.8. The molecule has 2 aromatic heterocycles. The van der Waals surface area contributed by atoms with Crippen molar-refractivity contribution < 1.29 is 4.52 Å². The monoisotopic (exact) mass is 422 g/mol. The van der Waals surface area contributed by atoms with Crippen molar-refractivity contribution in [2.24, 2.45) is 7.05 Å². The summed E-state index contributed by atoms with van der Waals surface area (Å²) in [4.78, 5) is 4.40. The highest BCUT2D eigenvalue weighted by molar-refractivity contribution is 6.30. The minimum atomic E-state index is 0.107. The van der Waals surface area contributed by atoms with Crippen LogP contribution in [0.15, 0.2) is 53.2 Å². The maximum absolute atomic E-state index is 6.12. The number of anilines is 1. The summed E-state index contributed by atoms with van der Waals surface area (Å²) in [5, 5.41) is 14.0. The molecule has 2 aliphatic rings. The Hall–Kier alpha value is -3.06. The van der Waals surface area contributed by atoms with Crippen molar-refractivity contribution in [1.29, 1.82) is 0 Å². The molecule has 0 bridgehead atoms. The van der Waals surface area contributed by atoms with Crippen LogP contribution >= 0.6 is 11.6 Å². The topological polar surface area (TPSA) is 63.2 Å². The van der Waals surface area contributed by atoms with Crippen LogP contribution in [0.3, 0.4) is 0 Å². The Morgan fingerprint density at radius 1 is 1.17 bits per heavy atom. The van der Waals surface area contributed by atoms with Gasteiger partial charge in [-0.3, -0.25) is 4.57 Å². The van der Waals surface area contributed by atoms with Crippen LogP contribution in [-0.2, 0) is 7.05 Å². The molecular weight excluding hydrogens is 400 g/mol. The van der Waals surface area contributed by atoms with E-state index in [-0.39, 0.29) is 6.04 Å². The molecular formula is C22H23ClN6O. The van der Waals surface area contributed by atoms with Crippen molar-refractivity contribution in [3.63, 3.8) is 0 Å². The van der Waals surface area contributed by atoms with Crippen LogP contribution in [0.4, 0.5) is 5.95 Å². The molecule has 0 saturated carbocycles. The van der Waals surface area contributed by atoms with Crippen molar-refractivity contribution in [1.82, 2.24) is 24.8 Å². The number of benzene rings is 1. The highest BCUT2D eigenvalue weighted by atomic mass is 35.5. The molecule has 5 rings (SSSR count). The maximum atomic E-state index is 6.12. The van der Waals surface area contributed by atoms with Crippen LogP contribution in [0.1, 0.15) is 30.4 Å². The molecule has 7 nitrogen and oxygen atoms in total. The van der Waals surface area contributed by atoms with E-state index < -0.39 is 0 Å². The number of rotatable bonds is 4. The summed E-state index contributed by atoms with van der Waals surface area (Å²) in [7, 11) is 4.07. The summed E-state index contributed by atoms with van der Waals surface area (Å²) >= 11 is 6.12. The largest absolute Gasteiger partial charge is 0.376 e. The van der Waals surface area contributed by atoms with Gasteiger partial charge in [0.2, 0.25) is 5.95 Å². The molecule has 0 amide bonds. The molecule has 1 saturated heterocycles. The summed E-state index contributed by atoms with van der Waals surface area (Å²) in [5.74, 6) is 2.43. The molecule has 1 atom stereocenters. The van der Waals surface area contributed by atoms with E-state index in [9.17, 15) is 0 Å². The fraction of sp³-hybridized carbons (Fsp3) is 0.318. The minimum absolute atomic E-state index is 0.107. The average molecular weight is 423 g/mol. The highest BCUT2D eigenvalue weighted by Crippen LogP contribution is 2.37. The van der Waals surface area contributed by atoms with Crippen LogP contribution in [0.2, 0.25) is 5.02 Å². The minimum Gasteiger partial charge on any atom is -0.376 e. The third-order valence-electron chi connectivity index (χ3n) is 5.65. The zero-order valence-electron chi connectivity index (χ0n) is 17.0. The normalized spacial score (nSPS) is 18.9. The highest BCUT2D eigenvalue weighted by Gasteiger charge is 2.32. The van der Waals surface area contributed by atoms with Crippen LogP contribution in [0.25, 0.3) is 16.9 Å². The van der Waals surface area contributed by atoms with Gasteiger partial charge in [-0.1, -0.05) is 41.0 Å². The van der Waals surface area contributed by atoms with Crippen molar-refractivity contribution in [3.05, 3.63) is 65.2 Å². The van der Waals surface area contributed by atoms with Crippen molar-refractivity contribution in [2.45, 2.75) is 18.9 Å². The maximum Gasteiger partial charge on any atom is 0.227 e. The SMILES string of the molecule is CN1C=C(c2nnc(N3CCC[C@@H]3c3cc(-c4cccc(Cl)c4)on3)n2C)C=CC1. The van der Waals surface area contributed by atoms with Gasteiger partial charge in [0.15, 0.2) is 11.6 Å². The van der Waals surface area contributed by atoms with Gasteiger partial charge in [-0.2, -0.15) is 0 Å². The van der Waals surface area contributed by atoms with Gasteiger partial charge >= 0.3 is 0 Å². The first-order valence-electron chi connectivity index (χ1n) is 10.1. The fourth-order valence-electron chi connectivity index (χ4n) is 4.17. The smallest absolute Gasteiger partial charge is 0.227 e. The van der Waals surface area contributed by atoms with Gasteiger partial charge in [0, 0.05) is 55.6 Å². The number of nitrogens with zero attached hydrogens (tertiary/aromatic N) is 6. The van der Waals surface area contributed by atoms with Crippen molar-refractivity contribution >= 4 is 23.1 Å². The van der Waals surface area contributed by atoms with Gasteiger partial charge in [-0.25, -0.2) is 0 Å². The van der Waals surface area contributed by atoms with Crippen LogP contribution < -0.4 is 4.90 Å². The first kappa shape index (κ1) is 18.9. The van der Waals surface area contributed by atoms with Crippen LogP contribution in [0.5, 0.6) is 0 Å². The summed E-state index contributed by atoms with van der Waals surface area (Å²) in [6.07, 6.45) is 8.40. The zero-order chi connectivity index (χ0) is 20.7. The Kier molecular flexibility index (Phi) is 4.83. The van der Waals surface area contributed by atoms with Gasteiger partial charge < -0.3 is 14.3 Å². The molecule has 8 heteroatoms. The first-order chi connectivity index (χ1) is 14.6. The molecule has 3 aromatic rings. The Balaban J connectivity index is 1.43. The van der Waals surface area contributed by atoms with Gasteiger partial charge in [0.05, 0.1) is 6.04 Å². The number of aromatic nitrogens is 4. The molecule has 30 heavy (non-hydrogen) atoms. The molecule has 0 unspecified atom stereocenters. The second-order valence-corrected chi connectivity index (χ2v) is 8.22. The predicted molar refractivity (Wildman–Crippen MR) is 117 cm³/mol. The average Bonchev–Trinajstić information content (AvgIpc) is 3.47. The first-order valence-corrected chi connectivity index (χ1v) is 10.5. The van der Waals surface area contributed by atoms with Crippen molar-refractivity contribution in [2.75, 3.05) is 25.0 Å². The van der Waals surface area contributed by atoms with Crippen LogP contribution in [0, 0.1) is 0 Å². The van der Waals surface area contributed by atoms with Gasteiger partial charge in [-0.15, -0.1) is 10.2 Å². The molecule has 1 fully saturated rings. The van der Waals surface area contributed by atoms with E-state index in [4.69, 9.17) is 16.1 Å². The number of hydrogen-bond acceptors (Lipinski definition) is 6. The lowest BCUT2D eigenvalue weighted by Gasteiger charge is -2.23. The molecule has 1 aromatic carbocycles. The molecule has 0 spiro atoms. The lowest BCUT2D eigenvalue weighted by Crippen LogP contribution is -2.26. The Morgan fingerprint density at radius 3 is 2.90 bits per heavy atom. The molecule has 2 aliphatic heterocycles. The van der Waals surface area contributed by atoms with Gasteiger partial charge in [-0.05, 0) is 25.0 Å².